The van der Waals surface area contributed by atoms with E-state index in [9.17, 15) is 0 Å². The first-order valence-corrected chi connectivity index (χ1v) is 8.08. The van der Waals surface area contributed by atoms with Crippen LogP contribution >= 0.6 is 27.5 Å². The van der Waals surface area contributed by atoms with Gasteiger partial charge in [-0.1, -0.05) is 38.3 Å². The van der Waals surface area contributed by atoms with Gasteiger partial charge in [0.1, 0.15) is 5.75 Å². The van der Waals surface area contributed by atoms with Crippen LogP contribution in [0, 0.1) is 0 Å². The van der Waals surface area contributed by atoms with Crippen LogP contribution in [0.5, 0.6) is 5.75 Å². The Hall–Kier alpha value is -0.250. The second-order valence-electron chi connectivity index (χ2n) is 4.95. The molecule has 1 aromatic rings. The van der Waals surface area contributed by atoms with Gasteiger partial charge in [0.05, 0.1) is 11.1 Å². The van der Waals surface area contributed by atoms with E-state index in [4.69, 9.17) is 16.3 Å². The van der Waals surface area contributed by atoms with Gasteiger partial charge in [-0.25, -0.2) is 0 Å². The zero-order chi connectivity index (χ0) is 14.1. The van der Waals surface area contributed by atoms with Gasteiger partial charge in [0, 0.05) is 11.1 Å². The molecule has 0 aromatic heterocycles. The van der Waals surface area contributed by atoms with Crippen molar-refractivity contribution >= 4 is 27.5 Å². The van der Waals surface area contributed by atoms with Crippen molar-refractivity contribution in [2.75, 3.05) is 13.2 Å². The molecule has 108 valence electrons. The molecule has 2 nitrogen and oxygen atoms in total. The number of nitrogens with one attached hydrogen (secondary N) is 1. The van der Waals surface area contributed by atoms with Gasteiger partial charge >= 0.3 is 0 Å². The lowest BCUT2D eigenvalue weighted by atomic mass is 10.2. The fraction of sp³-hybridized carbons (Fsp3) is 0.600. The number of unbranched alkanes of at least 4 members (excludes halogenated alkanes) is 3. The fourth-order valence-corrected chi connectivity index (χ4v) is 2.54. The third kappa shape index (κ3) is 7.81. The topological polar surface area (TPSA) is 21.3 Å². The molecule has 0 fully saturated rings. The lowest BCUT2D eigenvalue weighted by molar-refractivity contribution is 0.302. The Kier molecular flexibility index (Phi) is 8.51. The van der Waals surface area contributed by atoms with Crippen LogP contribution in [-0.4, -0.2) is 19.2 Å². The summed E-state index contributed by atoms with van der Waals surface area (Å²) in [5.74, 6) is 0.867. The van der Waals surface area contributed by atoms with Crippen LogP contribution in [0.3, 0.4) is 0 Å². The minimum atomic E-state index is 0.589. The molecule has 0 unspecified atom stereocenters. The fourth-order valence-electron chi connectivity index (χ4n) is 1.75. The van der Waals surface area contributed by atoms with Crippen LogP contribution in [0.4, 0.5) is 0 Å². The minimum absolute atomic E-state index is 0.589. The van der Waals surface area contributed by atoms with E-state index < -0.39 is 0 Å². The molecule has 0 aliphatic carbocycles. The Balaban J connectivity index is 2.04. The molecule has 1 N–H and O–H groups in total. The van der Waals surface area contributed by atoms with Crippen LogP contribution in [0.2, 0.25) is 5.02 Å². The minimum Gasteiger partial charge on any atom is -0.492 e. The third-order valence-electron chi connectivity index (χ3n) is 2.78. The second-order valence-corrected chi connectivity index (χ2v) is 6.24. The molecule has 0 heterocycles. The van der Waals surface area contributed by atoms with Crippen molar-refractivity contribution in [3.05, 3.63) is 27.7 Å². The molecule has 0 spiro atoms. The quantitative estimate of drug-likeness (QED) is 0.631. The molecular weight excluding hydrogens is 326 g/mol. The zero-order valence-electron chi connectivity index (χ0n) is 11.7. The molecule has 0 aliphatic rings. The van der Waals surface area contributed by atoms with Gasteiger partial charge < -0.3 is 10.1 Å². The van der Waals surface area contributed by atoms with Gasteiger partial charge in [-0.05, 0) is 53.5 Å². The highest BCUT2D eigenvalue weighted by Gasteiger charge is 2.01. The summed E-state index contributed by atoms with van der Waals surface area (Å²) in [6.45, 7) is 6.23. The smallest absolute Gasteiger partial charge is 0.133 e. The molecule has 0 saturated heterocycles. The van der Waals surface area contributed by atoms with Gasteiger partial charge in [0.2, 0.25) is 0 Å². The molecule has 19 heavy (non-hydrogen) atoms. The number of ether oxygens (including phenoxy) is 1. The summed E-state index contributed by atoms with van der Waals surface area (Å²) >= 11 is 9.33. The Morgan fingerprint density at radius 3 is 2.63 bits per heavy atom. The maximum Gasteiger partial charge on any atom is 0.133 e. The molecule has 4 heteroatoms. The standard InChI is InChI=1S/C15H23BrClNO/c1-12(2)18-9-5-3-4-6-10-19-15-8-7-13(17)11-14(15)16/h7-8,11-12,18H,3-6,9-10H2,1-2H3. The Morgan fingerprint density at radius 2 is 1.95 bits per heavy atom. The lowest BCUT2D eigenvalue weighted by Crippen LogP contribution is -2.23. The molecule has 0 aliphatic heterocycles. The Labute approximate surface area is 130 Å². The van der Waals surface area contributed by atoms with E-state index in [2.05, 4.69) is 35.1 Å². The van der Waals surface area contributed by atoms with Crippen molar-refractivity contribution < 1.29 is 4.74 Å². The molecule has 0 amide bonds. The van der Waals surface area contributed by atoms with Gasteiger partial charge in [-0.2, -0.15) is 0 Å². The average Bonchev–Trinajstić information content (AvgIpc) is 2.34. The van der Waals surface area contributed by atoms with Crippen LogP contribution in [-0.2, 0) is 0 Å². The van der Waals surface area contributed by atoms with Gasteiger partial charge in [0.25, 0.3) is 0 Å². The van der Waals surface area contributed by atoms with Crippen molar-refractivity contribution in [3.8, 4) is 5.75 Å². The monoisotopic (exact) mass is 347 g/mol. The Bertz CT molecular complexity index is 371. The molecular formula is C15H23BrClNO. The average molecular weight is 349 g/mol. The zero-order valence-corrected chi connectivity index (χ0v) is 14.1. The normalized spacial score (nSPS) is 11.0. The van der Waals surface area contributed by atoms with Crippen molar-refractivity contribution in [1.82, 2.24) is 5.32 Å². The first-order valence-electron chi connectivity index (χ1n) is 6.91. The van der Waals surface area contributed by atoms with Crippen molar-refractivity contribution in [3.63, 3.8) is 0 Å². The van der Waals surface area contributed by atoms with E-state index in [0.29, 0.717) is 6.04 Å². The molecule has 1 rings (SSSR count). The summed E-state index contributed by atoms with van der Waals surface area (Å²) in [5.41, 5.74) is 0. The van der Waals surface area contributed by atoms with Crippen LogP contribution in [0.15, 0.2) is 22.7 Å². The van der Waals surface area contributed by atoms with E-state index in [1.165, 1.54) is 19.3 Å². The van der Waals surface area contributed by atoms with E-state index >= 15 is 0 Å². The van der Waals surface area contributed by atoms with Crippen LogP contribution in [0.1, 0.15) is 39.5 Å². The highest BCUT2D eigenvalue weighted by atomic mass is 79.9. The number of hydrogen-bond acceptors (Lipinski definition) is 2. The highest BCUT2D eigenvalue weighted by molar-refractivity contribution is 9.10. The van der Waals surface area contributed by atoms with Crippen molar-refractivity contribution in [2.45, 2.75) is 45.6 Å². The highest BCUT2D eigenvalue weighted by Crippen LogP contribution is 2.28. The number of hydrogen-bond donors (Lipinski definition) is 1. The summed E-state index contributed by atoms with van der Waals surface area (Å²) in [6, 6.07) is 6.19. The third-order valence-corrected chi connectivity index (χ3v) is 3.63. The lowest BCUT2D eigenvalue weighted by Gasteiger charge is -2.09. The first-order chi connectivity index (χ1) is 9.09. The molecule has 1 aromatic carbocycles. The predicted molar refractivity (Wildman–Crippen MR) is 86.3 cm³/mol. The summed E-state index contributed by atoms with van der Waals surface area (Å²) in [6.07, 6.45) is 4.80. The van der Waals surface area contributed by atoms with Crippen molar-refractivity contribution in [2.24, 2.45) is 0 Å². The number of rotatable bonds is 9. The first kappa shape index (κ1) is 16.8. The summed E-state index contributed by atoms with van der Waals surface area (Å²) in [7, 11) is 0. The number of benzene rings is 1. The van der Waals surface area contributed by atoms with Crippen LogP contribution < -0.4 is 10.1 Å². The maximum absolute atomic E-state index is 5.88. The van der Waals surface area contributed by atoms with E-state index in [1.54, 1.807) is 0 Å². The summed E-state index contributed by atoms with van der Waals surface area (Å²) in [4.78, 5) is 0. The second kappa shape index (κ2) is 9.62. The maximum atomic E-state index is 5.88. The molecule has 0 radical (unpaired) electrons. The molecule has 0 saturated carbocycles. The van der Waals surface area contributed by atoms with Crippen molar-refractivity contribution in [1.29, 1.82) is 0 Å². The van der Waals surface area contributed by atoms with Gasteiger partial charge in [-0.3, -0.25) is 0 Å². The summed E-state index contributed by atoms with van der Waals surface area (Å²) in [5, 5.41) is 4.14. The number of halogens is 2. The Morgan fingerprint density at radius 1 is 1.21 bits per heavy atom. The SMILES string of the molecule is CC(C)NCCCCCCOc1ccc(Cl)cc1Br. The molecule has 0 bridgehead atoms. The van der Waals surface area contributed by atoms with E-state index in [1.807, 2.05) is 18.2 Å². The van der Waals surface area contributed by atoms with E-state index in [0.717, 1.165) is 34.8 Å². The van der Waals surface area contributed by atoms with Gasteiger partial charge in [0.15, 0.2) is 0 Å². The van der Waals surface area contributed by atoms with E-state index in [-0.39, 0.29) is 0 Å². The molecule has 0 atom stereocenters. The predicted octanol–water partition coefficient (Wildman–Crippen LogP) is 5.04. The van der Waals surface area contributed by atoms with Gasteiger partial charge in [-0.15, -0.1) is 0 Å². The van der Waals surface area contributed by atoms with Crippen LogP contribution in [0.25, 0.3) is 0 Å². The summed E-state index contributed by atoms with van der Waals surface area (Å²) < 4.78 is 6.63. The largest absolute Gasteiger partial charge is 0.492 e.